The second-order valence-electron chi connectivity index (χ2n) is 6.38. The summed E-state index contributed by atoms with van der Waals surface area (Å²) in [6, 6.07) is 12.1. The first-order chi connectivity index (χ1) is 11.7. The summed E-state index contributed by atoms with van der Waals surface area (Å²) < 4.78 is 5.31. The number of fused-ring (bicyclic) bond motifs is 1. The topological polar surface area (TPSA) is 62.7 Å². The third kappa shape index (κ3) is 3.91. The van der Waals surface area contributed by atoms with Crippen molar-refractivity contribution in [3.63, 3.8) is 0 Å². The van der Waals surface area contributed by atoms with Crippen LogP contribution in [0.15, 0.2) is 36.4 Å². The number of pyridine rings is 1. The maximum absolute atomic E-state index is 12.1. The first-order valence-corrected chi connectivity index (χ1v) is 8.55. The number of nitrogens with zero attached hydrogens (tertiary/aromatic N) is 2. The molecule has 0 bridgehead atoms. The van der Waals surface area contributed by atoms with Gasteiger partial charge in [0.2, 0.25) is 5.91 Å². The van der Waals surface area contributed by atoms with Gasteiger partial charge in [0.25, 0.3) is 0 Å². The van der Waals surface area contributed by atoms with Crippen molar-refractivity contribution in [1.82, 2.24) is 9.88 Å². The Morgan fingerprint density at radius 2 is 2.12 bits per heavy atom. The largest absolute Gasteiger partial charge is 0.391 e. The van der Waals surface area contributed by atoms with Crippen LogP contribution < -0.4 is 0 Å². The number of hydrogen-bond acceptors (Lipinski definition) is 4. The highest BCUT2D eigenvalue weighted by Crippen LogP contribution is 2.22. The molecular formula is C19H24N2O3. The van der Waals surface area contributed by atoms with Gasteiger partial charge in [0.05, 0.1) is 11.6 Å². The molecule has 5 heteroatoms. The van der Waals surface area contributed by atoms with Gasteiger partial charge < -0.3 is 14.7 Å². The molecule has 0 spiro atoms. The molecule has 2 heterocycles. The molecule has 2 atom stereocenters. The zero-order valence-electron chi connectivity index (χ0n) is 14.0. The van der Waals surface area contributed by atoms with Gasteiger partial charge in [0.1, 0.15) is 6.61 Å². The van der Waals surface area contributed by atoms with E-state index in [2.05, 4.69) is 11.1 Å². The Labute approximate surface area is 142 Å². The van der Waals surface area contributed by atoms with Crippen molar-refractivity contribution in [1.29, 1.82) is 0 Å². The third-order valence-electron chi connectivity index (χ3n) is 4.46. The van der Waals surface area contributed by atoms with E-state index < -0.39 is 6.10 Å². The van der Waals surface area contributed by atoms with Crippen molar-refractivity contribution in [2.24, 2.45) is 5.92 Å². The van der Waals surface area contributed by atoms with E-state index in [0.29, 0.717) is 26.1 Å². The van der Waals surface area contributed by atoms with Crippen molar-refractivity contribution < 1.29 is 14.6 Å². The van der Waals surface area contributed by atoms with Crippen LogP contribution >= 0.6 is 0 Å². The van der Waals surface area contributed by atoms with Crippen LogP contribution in [0.2, 0.25) is 0 Å². The van der Waals surface area contributed by atoms with E-state index in [1.54, 1.807) is 4.90 Å². The van der Waals surface area contributed by atoms with Crippen LogP contribution in [0.4, 0.5) is 0 Å². The molecule has 5 nitrogen and oxygen atoms in total. The summed E-state index contributed by atoms with van der Waals surface area (Å²) in [5.74, 6) is -0.0229. The summed E-state index contributed by atoms with van der Waals surface area (Å²) in [4.78, 5) is 18.5. The van der Waals surface area contributed by atoms with Gasteiger partial charge in [-0.1, -0.05) is 31.2 Å². The lowest BCUT2D eigenvalue weighted by Gasteiger charge is -2.16. The van der Waals surface area contributed by atoms with Crippen LogP contribution in [-0.4, -0.2) is 53.3 Å². The van der Waals surface area contributed by atoms with Crippen LogP contribution in [0.25, 0.3) is 10.9 Å². The molecule has 1 aliphatic heterocycles. The molecule has 2 aromatic rings. The number of para-hydroxylation sites is 1. The lowest BCUT2D eigenvalue weighted by atomic mass is 9.99. The Morgan fingerprint density at radius 1 is 1.29 bits per heavy atom. The number of aliphatic hydroxyl groups excluding tert-OH is 1. The van der Waals surface area contributed by atoms with Crippen LogP contribution in [-0.2, 0) is 16.0 Å². The Hall–Kier alpha value is -1.98. The highest BCUT2D eigenvalue weighted by atomic mass is 16.5. The Morgan fingerprint density at radius 3 is 2.96 bits per heavy atom. The predicted octanol–water partition coefficient (Wildman–Crippen LogP) is 2.02. The Balaban J connectivity index is 1.61. The van der Waals surface area contributed by atoms with Gasteiger partial charge in [-0.15, -0.1) is 0 Å². The second kappa shape index (κ2) is 7.73. The fourth-order valence-corrected chi connectivity index (χ4v) is 3.14. The van der Waals surface area contributed by atoms with Gasteiger partial charge in [-0.25, -0.2) is 0 Å². The lowest BCUT2D eigenvalue weighted by Crippen LogP contribution is -2.33. The number of carbonyl (C=O) groups excluding carboxylic acids is 1. The molecule has 128 valence electrons. The van der Waals surface area contributed by atoms with Crippen molar-refractivity contribution in [2.75, 3.05) is 26.3 Å². The quantitative estimate of drug-likeness (QED) is 0.824. The standard InChI is InChI=1S/C19H24N2O3/c1-2-9-24-13-19(23)21-11-15(18(22)12-21)10-16-8-7-14-5-3-4-6-17(14)20-16/h3-8,15,18,22H,2,9-13H2,1H3/t15-,18-/m1/s1. The van der Waals surface area contributed by atoms with Crippen molar-refractivity contribution in [3.8, 4) is 0 Å². The molecule has 1 saturated heterocycles. The van der Waals surface area contributed by atoms with Gasteiger partial charge in [-0.05, 0) is 25.0 Å². The number of ether oxygens (including phenoxy) is 1. The average molecular weight is 328 g/mol. The number of aromatic nitrogens is 1. The summed E-state index contributed by atoms with van der Waals surface area (Å²) in [7, 11) is 0. The van der Waals surface area contributed by atoms with Crippen LogP contribution in [0.5, 0.6) is 0 Å². The molecule has 1 N–H and O–H groups in total. The molecule has 1 aromatic carbocycles. The Bertz CT molecular complexity index is 704. The highest BCUT2D eigenvalue weighted by molar-refractivity contribution is 5.78. The summed E-state index contributed by atoms with van der Waals surface area (Å²) in [6.45, 7) is 3.64. The van der Waals surface area contributed by atoms with Crippen LogP contribution in [0.3, 0.4) is 0 Å². The minimum absolute atomic E-state index is 0.0220. The number of aliphatic hydroxyl groups is 1. The monoisotopic (exact) mass is 328 g/mol. The maximum atomic E-state index is 12.1. The molecule has 24 heavy (non-hydrogen) atoms. The van der Waals surface area contributed by atoms with Crippen molar-refractivity contribution in [3.05, 3.63) is 42.1 Å². The second-order valence-corrected chi connectivity index (χ2v) is 6.38. The number of benzene rings is 1. The molecule has 1 aromatic heterocycles. The van der Waals surface area contributed by atoms with E-state index in [9.17, 15) is 9.90 Å². The number of β-amino-alcohol motifs (C(OH)–C–C–N with tert-alkyl or cyclic N) is 1. The zero-order valence-corrected chi connectivity index (χ0v) is 14.0. The van der Waals surface area contributed by atoms with E-state index in [4.69, 9.17) is 4.74 Å². The van der Waals surface area contributed by atoms with Gasteiger partial charge in [-0.3, -0.25) is 9.78 Å². The molecule has 1 fully saturated rings. The highest BCUT2D eigenvalue weighted by Gasteiger charge is 2.34. The fraction of sp³-hybridized carbons (Fsp3) is 0.474. The predicted molar refractivity (Wildman–Crippen MR) is 92.6 cm³/mol. The van der Waals surface area contributed by atoms with Gasteiger partial charge in [0, 0.05) is 36.7 Å². The van der Waals surface area contributed by atoms with E-state index in [1.165, 1.54) is 0 Å². The minimum atomic E-state index is -0.506. The molecule has 3 rings (SSSR count). The van der Waals surface area contributed by atoms with Crippen molar-refractivity contribution >= 4 is 16.8 Å². The van der Waals surface area contributed by atoms with E-state index in [0.717, 1.165) is 23.0 Å². The number of hydrogen-bond donors (Lipinski definition) is 1. The van der Waals surface area contributed by atoms with Gasteiger partial charge in [-0.2, -0.15) is 0 Å². The SMILES string of the molecule is CCCOCC(=O)N1C[C@@H](Cc2ccc3ccccc3n2)[C@H](O)C1. The van der Waals surface area contributed by atoms with Gasteiger partial charge >= 0.3 is 0 Å². The molecule has 0 radical (unpaired) electrons. The number of carbonyl (C=O) groups is 1. The maximum Gasteiger partial charge on any atom is 0.248 e. The fourth-order valence-electron chi connectivity index (χ4n) is 3.14. The first kappa shape index (κ1) is 16.9. The smallest absolute Gasteiger partial charge is 0.248 e. The molecule has 0 aliphatic carbocycles. The summed E-state index contributed by atoms with van der Waals surface area (Å²) in [5, 5.41) is 11.4. The normalized spacial score (nSPS) is 20.7. The van der Waals surface area contributed by atoms with Crippen molar-refractivity contribution in [2.45, 2.75) is 25.9 Å². The Kier molecular flexibility index (Phi) is 5.43. The number of likely N-dealkylation sites (tertiary alicyclic amines) is 1. The van der Waals surface area contributed by atoms with Crippen LogP contribution in [0.1, 0.15) is 19.0 Å². The molecule has 0 saturated carbocycles. The average Bonchev–Trinajstić information content (AvgIpc) is 2.96. The van der Waals surface area contributed by atoms with E-state index >= 15 is 0 Å². The summed E-state index contributed by atoms with van der Waals surface area (Å²) in [5.41, 5.74) is 1.91. The molecule has 1 amide bonds. The first-order valence-electron chi connectivity index (χ1n) is 8.55. The summed E-state index contributed by atoms with van der Waals surface area (Å²) >= 11 is 0. The third-order valence-corrected chi connectivity index (χ3v) is 4.46. The number of rotatable bonds is 6. The zero-order chi connectivity index (χ0) is 16.9. The van der Waals surface area contributed by atoms with Crippen LogP contribution in [0, 0.1) is 5.92 Å². The summed E-state index contributed by atoms with van der Waals surface area (Å²) in [6.07, 6.45) is 1.06. The number of amides is 1. The van der Waals surface area contributed by atoms with E-state index in [-0.39, 0.29) is 18.4 Å². The van der Waals surface area contributed by atoms with E-state index in [1.807, 2.05) is 37.3 Å². The van der Waals surface area contributed by atoms with Gasteiger partial charge in [0.15, 0.2) is 0 Å². The molecule has 0 unspecified atom stereocenters. The lowest BCUT2D eigenvalue weighted by molar-refractivity contribution is -0.135. The molecule has 1 aliphatic rings. The molecular weight excluding hydrogens is 304 g/mol. The minimum Gasteiger partial charge on any atom is -0.391 e.